The number of carbonyl (C=O) groups is 1. The first-order valence-corrected chi connectivity index (χ1v) is 8.46. The van der Waals surface area contributed by atoms with Gasteiger partial charge in [0.15, 0.2) is 0 Å². The first-order chi connectivity index (χ1) is 13.8. The number of benzene rings is 2. The van der Waals surface area contributed by atoms with Crippen molar-refractivity contribution in [1.29, 1.82) is 0 Å². The highest BCUT2D eigenvalue weighted by molar-refractivity contribution is 5.89. The normalized spacial score (nSPS) is 11.1. The van der Waals surface area contributed by atoms with Crippen LogP contribution >= 0.6 is 0 Å². The summed E-state index contributed by atoms with van der Waals surface area (Å²) >= 11 is 0. The van der Waals surface area contributed by atoms with E-state index in [0.717, 1.165) is 42.2 Å². The molecular weight excluding hydrogens is 389 g/mol. The third-order valence-corrected chi connectivity index (χ3v) is 3.88. The molecule has 150 valence electrons. The molecule has 0 aliphatic heterocycles. The molecule has 0 amide bonds. The number of hydrogen-bond acceptors (Lipinski definition) is 5. The predicted molar refractivity (Wildman–Crippen MR) is 96.3 cm³/mol. The summed E-state index contributed by atoms with van der Waals surface area (Å²) in [5.41, 5.74) is -0.497. The van der Waals surface area contributed by atoms with Crippen LogP contribution in [0.5, 0.6) is 5.75 Å². The largest absolute Gasteiger partial charge is 0.482 e. The molecule has 0 fully saturated rings. The van der Waals surface area contributed by atoms with Crippen LogP contribution in [0, 0.1) is 0 Å². The summed E-state index contributed by atoms with van der Waals surface area (Å²) in [7, 11) is 0. The molecule has 0 saturated carbocycles. The molecule has 0 saturated heterocycles. The van der Waals surface area contributed by atoms with E-state index in [-0.39, 0.29) is 30.3 Å². The van der Waals surface area contributed by atoms with Crippen molar-refractivity contribution in [3.8, 4) is 5.75 Å². The monoisotopic (exact) mass is 404 g/mol. The van der Waals surface area contributed by atoms with Crippen LogP contribution in [0.15, 0.2) is 76.1 Å². The number of ether oxygens (including phenoxy) is 2. The Kier molecular flexibility index (Phi) is 6.01. The van der Waals surface area contributed by atoms with Gasteiger partial charge in [0.05, 0.1) is 11.1 Å². The number of hydrogen-bond donors (Lipinski definition) is 0. The minimum Gasteiger partial charge on any atom is -0.482 e. The second-order valence-electron chi connectivity index (χ2n) is 6.00. The van der Waals surface area contributed by atoms with Crippen LogP contribution in [-0.2, 0) is 24.1 Å². The number of rotatable bonds is 6. The summed E-state index contributed by atoms with van der Waals surface area (Å²) in [4.78, 5) is 24.0. The van der Waals surface area contributed by atoms with E-state index in [1.54, 1.807) is 0 Å². The maximum Gasteiger partial charge on any atom is 0.416 e. The molecule has 3 rings (SSSR count). The van der Waals surface area contributed by atoms with Crippen LogP contribution in [0.4, 0.5) is 13.2 Å². The average molecular weight is 404 g/mol. The first kappa shape index (κ1) is 20.2. The second kappa shape index (κ2) is 8.64. The Bertz CT molecular complexity index is 1020. The van der Waals surface area contributed by atoms with Gasteiger partial charge in [0, 0.05) is 6.07 Å². The summed E-state index contributed by atoms with van der Waals surface area (Å²) in [5.74, 6) is -0.764. The molecule has 5 nitrogen and oxygen atoms in total. The molecule has 0 atom stereocenters. The molecule has 2 aromatic carbocycles. The fourth-order valence-corrected chi connectivity index (χ4v) is 2.37. The number of halogens is 3. The molecule has 8 heteroatoms. The molecule has 0 aliphatic rings. The standard InChI is InChI=1S/C21H15F3O5/c22-21(23,24)16-8-6-15(7-9-16)20(26)29-12-17-10-18(25)19(13-27-17)28-11-14-4-2-1-3-5-14/h1-10,13H,11-12H2. The van der Waals surface area contributed by atoms with Crippen molar-refractivity contribution in [2.45, 2.75) is 19.4 Å². The Morgan fingerprint density at radius 3 is 2.28 bits per heavy atom. The molecule has 0 radical (unpaired) electrons. The van der Waals surface area contributed by atoms with E-state index in [9.17, 15) is 22.8 Å². The minimum atomic E-state index is -4.49. The molecule has 0 spiro atoms. The summed E-state index contributed by atoms with van der Waals surface area (Å²) < 4.78 is 53.2. The fourth-order valence-electron chi connectivity index (χ4n) is 2.37. The van der Waals surface area contributed by atoms with Crippen molar-refractivity contribution in [2.75, 3.05) is 0 Å². The van der Waals surface area contributed by atoms with Gasteiger partial charge >= 0.3 is 12.1 Å². The zero-order valence-electron chi connectivity index (χ0n) is 14.9. The summed E-state index contributed by atoms with van der Waals surface area (Å²) in [5, 5.41) is 0. The van der Waals surface area contributed by atoms with E-state index in [1.165, 1.54) is 0 Å². The molecule has 3 aromatic rings. The Morgan fingerprint density at radius 2 is 1.66 bits per heavy atom. The summed E-state index contributed by atoms with van der Waals surface area (Å²) in [6, 6.07) is 14.0. The molecule has 1 heterocycles. The smallest absolute Gasteiger partial charge is 0.416 e. The van der Waals surface area contributed by atoms with Gasteiger partial charge in [-0.05, 0) is 29.8 Å². The Labute approximate surface area is 163 Å². The van der Waals surface area contributed by atoms with Crippen LogP contribution in [0.1, 0.15) is 27.2 Å². The first-order valence-electron chi connectivity index (χ1n) is 8.46. The van der Waals surface area contributed by atoms with E-state index in [4.69, 9.17) is 13.9 Å². The van der Waals surface area contributed by atoms with Crippen molar-refractivity contribution in [3.05, 3.63) is 99.6 Å². The molecule has 29 heavy (non-hydrogen) atoms. The average Bonchev–Trinajstić information content (AvgIpc) is 2.71. The van der Waals surface area contributed by atoms with Crippen LogP contribution < -0.4 is 10.2 Å². The van der Waals surface area contributed by atoms with E-state index in [1.807, 2.05) is 30.3 Å². The predicted octanol–water partition coefficient (Wildman–Crippen LogP) is 4.59. The lowest BCUT2D eigenvalue weighted by atomic mass is 10.1. The Hall–Kier alpha value is -3.55. The zero-order valence-corrected chi connectivity index (χ0v) is 14.9. The van der Waals surface area contributed by atoms with Gasteiger partial charge in [-0.3, -0.25) is 4.79 Å². The molecule has 0 bridgehead atoms. The van der Waals surface area contributed by atoms with Gasteiger partial charge in [-0.2, -0.15) is 13.2 Å². The van der Waals surface area contributed by atoms with E-state index >= 15 is 0 Å². The summed E-state index contributed by atoms with van der Waals surface area (Å²) in [6.07, 6.45) is -3.37. The maximum absolute atomic E-state index is 12.5. The molecule has 0 unspecified atom stereocenters. The Morgan fingerprint density at radius 1 is 0.966 bits per heavy atom. The molecule has 1 aromatic heterocycles. The lowest BCUT2D eigenvalue weighted by Crippen LogP contribution is -2.10. The van der Waals surface area contributed by atoms with Gasteiger partial charge in [0.2, 0.25) is 11.2 Å². The quantitative estimate of drug-likeness (QED) is 0.562. The van der Waals surface area contributed by atoms with Crippen LogP contribution in [-0.4, -0.2) is 5.97 Å². The van der Waals surface area contributed by atoms with Gasteiger partial charge < -0.3 is 13.9 Å². The molecule has 0 N–H and O–H groups in total. The zero-order chi connectivity index (χ0) is 20.9. The van der Waals surface area contributed by atoms with Crippen LogP contribution in [0.3, 0.4) is 0 Å². The topological polar surface area (TPSA) is 65.7 Å². The van der Waals surface area contributed by atoms with Crippen molar-refractivity contribution in [1.82, 2.24) is 0 Å². The number of esters is 1. The number of carbonyl (C=O) groups excluding carboxylic acids is 1. The fraction of sp³-hybridized carbons (Fsp3) is 0.143. The lowest BCUT2D eigenvalue weighted by molar-refractivity contribution is -0.137. The van der Waals surface area contributed by atoms with Crippen molar-refractivity contribution >= 4 is 5.97 Å². The van der Waals surface area contributed by atoms with E-state index in [2.05, 4.69) is 0 Å². The third-order valence-electron chi connectivity index (χ3n) is 3.88. The van der Waals surface area contributed by atoms with Crippen molar-refractivity contribution in [3.63, 3.8) is 0 Å². The minimum absolute atomic E-state index is 0.00618. The van der Waals surface area contributed by atoms with Crippen LogP contribution in [0.25, 0.3) is 0 Å². The Balaban J connectivity index is 1.57. The van der Waals surface area contributed by atoms with E-state index < -0.39 is 23.1 Å². The van der Waals surface area contributed by atoms with Gasteiger partial charge in [0.25, 0.3) is 0 Å². The second-order valence-corrected chi connectivity index (χ2v) is 6.00. The highest BCUT2D eigenvalue weighted by Gasteiger charge is 2.30. The van der Waals surface area contributed by atoms with Crippen molar-refractivity contribution in [2.24, 2.45) is 0 Å². The lowest BCUT2D eigenvalue weighted by Gasteiger charge is -2.08. The third kappa shape index (κ3) is 5.47. The van der Waals surface area contributed by atoms with Gasteiger partial charge in [-0.15, -0.1) is 0 Å². The van der Waals surface area contributed by atoms with Gasteiger partial charge in [-0.1, -0.05) is 30.3 Å². The maximum atomic E-state index is 12.5. The highest BCUT2D eigenvalue weighted by atomic mass is 19.4. The molecule has 0 aliphatic carbocycles. The van der Waals surface area contributed by atoms with Crippen LogP contribution in [0.2, 0.25) is 0 Å². The van der Waals surface area contributed by atoms with Gasteiger partial charge in [0.1, 0.15) is 25.2 Å². The SMILES string of the molecule is O=C(OCc1cc(=O)c(OCc2ccccc2)co1)c1ccc(C(F)(F)F)cc1. The summed E-state index contributed by atoms with van der Waals surface area (Å²) in [6.45, 7) is -0.165. The highest BCUT2D eigenvalue weighted by Crippen LogP contribution is 2.29. The van der Waals surface area contributed by atoms with E-state index in [0.29, 0.717) is 0 Å². The number of alkyl halides is 3. The molecular formula is C21H15F3O5. The van der Waals surface area contributed by atoms with Gasteiger partial charge in [-0.25, -0.2) is 4.79 Å². The van der Waals surface area contributed by atoms with Crippen molar-refractivity contribution < 1.29 is 31.9 Å².